The first-order valence-corrected chi connectivity index (χ1v) is 6.10. The molecule has 0 saturated heterocycles. The highest BCUT2D eigenvalue weighted by Crippen LogP contribution is 2.02. The number of benzene rings is 1. The molecule has 0 radical (unpaired) electrons. The lowest BCUT2D eigenvalue weighted by molar-refractivity contribution is -0.123. The first kappa shape index (κ1) is 13.8. The number of carbonyl (C=O) groups is 2. The molecule has 0 aliphatic carbocycles. The Kier molecular flexibility index (Phi) is 4.52. The lowest BCUT2D eigenvalue weighted by atomic mass is 10.1. The molecule has 6 heteroatoms. The van der Waals surface area contributed by atoms with Crippen LogP contribution in [0.15, 0.2) is 53.1 Å². The summed E-state index contributed by atoms with van der Waals surface area (Å²) < 4.78 is 4.89. The van der Waals surface area contributed by atoms with Crippen molar-refractivity contribution in [1.29, 1.82) is 0 Å². The number of hydrazine groups is 1. The van der Waals surface area contributed by atoms with Crippen molar-refractivity contribution in [3.8, 4) is 0 Å². The third kappa shape index (κ3) is 3.69. The predicted octanol–water partition coefficient (Wildman–Crippen LogP) is 0.611. The summed E-state index contributed by atoms with van der Waals surface area (Å²) in [7, 11) is 0. The number of hydrogen-bond donors (Lipinski definition) is 3. The van der Waals surface area contributed by atoms with Gasteiger partial charge < -0.3 is 10.2 Å². The van der Waals surface area contributed by atoms with Gasteiger partial charge in [-0.15, -0.1) is 0 Å². The van der Waals surface area contributed by atoms with Crippen LogP contribution >= 0.6 is 0 Å². The summed E-state index contributed by atoms with van der Waals surface area (Å²) in [5.41, 5.74) is 11.2. The Morgan fingerprint density at radius 1 is 1.10 bits per heavy atom. The molecule has 104 valence electrons. The Balaban J connectivity index is 1.81. The molecule has 1 aromatic heterocycles. The summed E-state index contributed by atoms with van der Waals surface area (Å²) in [6.07, 6.45) is 1.77. The van der Waals surface area contributed by atoms with E-state index >= 15 is 0 Å². The first-order chi connectivity index (χ1) is 9.66. The number of hydrogen-bond acceptors (Lipinski definition) is 4. The quantitative estimate of drug-likeness (QED) is 0.711. The molecule has 1 atom stereocenters. The Labute approximate surface area is 115 Å². The molecule has 0 aliphatic heterocycles. The van der Waals surface area contributed by atoms with Gasteiger partial charge in [0.25, 0.3) is 5.91 Å². The van der Waals surface area contributed by atoms with Crippen molar-refractivity contribution in [2.45, 2.75) is 12.5 Å². The molecule has 1 heterocycles. The van der Waals surface area contributed by atoms with E-state index in [-0.39, 0.29) is 5.76 Å². The van der Waals surface area contributed by atoms with Gasteiger partial charge in [-0.25, -0.2) is 0 Å². The van der Waals surface area contributed by atoms with E-state index in [1.54, 1.807) is 6.07 Å². The van der Waals surface area contributed by atoms with E-state index in [1.807, 2.05) is 30.3 Å². The molecule has 6 nitrogen and oxygen atoms in total. The molecule has 2 amide bonds. The lowest BCUT2D eigenvalue weighted by Gasteiger charge is -2.12. The van der Waals surface area contributed by atoms with Crippen LogP contribution < -0.4 is 16.6 Å². The second kappa shape index (κ2) is 6.53. The maximum absolute atomic E-state index is 11.7. The molecular formula is C14H15N3O3. The monoisotopic (exact) mass is 273 g/mol. The molecule has 4 N–H and O–H groups in total. The Morgan fingerprint density at radius 2 is 1.85 bits per heavy atom. The fourth-order valence-corrected chi connectivity index (χ4v) is 1.64. The summed E-state index contributed by atoms with van der Waals surface area (Å²) in [5, 5.41) is 0. The van der Waals surface area contributed by atoms with Gasteiger partial charge in [-0.2, -0.15) is 0 Å². The van der Waals surface area contributed by atoms with Crippen molar-refractivity contribution in [2.24, 2.45) is 5.73 Å². The molecule has 0 spiro atoms. The van der Waals surface area contributed by atoms with E-state index in [0.29, 0.717) is 6.42 Å². The van der Waals surface area contributed by atoms with E-state index in [1.165, 1.54) is 12.3 Å². The number of amides is 2. The lowest BCUT2D eigenvalue weighted by Crippen LogP contribution is -2.50. The molecule has 2 rings (SSSR count). The zero-order chi connectivity index (χ0) is 14.4. The van der Waals surface area contributed by atoms with Gasteiger partial charge in [0.05, 0.1) is 12.3 Å². The molecular weight excluding hydrogens is 258 g/mol. The smallest absolute Gasteiger partial charge is 0.305 e. The van der Waals surface area contributed by atoms with Crippen molar-refractivity contribution < 1.29 is 14.0 Å². The van der Waals surface area contributed by atoms with Gasteiger partial charge in [0.2, 0.25) is 0 Å². The minimum atomic E-state index is -0.741. The molecule has 0 aliphatic rings. The van der Waals surface area contributed by atoms with Crippen LogP contribution in [0.3, 0.4) is 0 Å². The maximum Gasteiger partial charge on any atom is 0.305 e. The number of rotatable bonds is 4. The molecule has 2 aromatic rings. The number of nitrogens with one attached hydrogen (secondary N) is 2. The summed E-state index contributed by atoms with van der Waals surface area (Å²) in [6, 6.07) is 11.7. The van der Waals surface area contributed by atoms with Crippen LogP contribution in [0.4, 0.5) is 0 Å². The number of furan rings is 1. The Bertz CT molecular complexity index is 567. The summed E-state index contributed by atoms with van der Waals surface area (Å²) in [6.45, 7) is 0. The molecule has 20 heavy (non-hydrogen) atoms. The van der Waals surface area contributed by atoms with Gasteiger partial charge in [-0.05, 0) is 24.1 Å². The molecule has 0 bridgehead atoms. The Hall–Kier alpha value is -2.60. The topological polar surface area (TPSA) is 97.4 Å². The average molecular weight is 273 g/mol. The zero-order valence-corrected chi connectivity index (χ0v) is 10.7. The molecule has 1 aromatic carbocycles. The van der Waals surface area contributed by atoms with Gasteiger partial charge in [-0.3, -0.25) is 20.4 Å². The second-order valence-electron chi connectivity index (χ2n) is 4.22. The van der Waals surface area contributed by atoms with Crippen LogP contribution in [0.25, 0.3) is 0 Å². The van der Waals surface area contributed by atoms with Crippen molar-refractivity contribution in [2.75, 3.05) is 0 Å². The SMILES string of the molecule is NC(Cc1ccccc1)C(=O)NNC(=O)c1ccco1. The van der Waals surface area contributed by atoms with E-state index in [0.717, 1.165) is 5.56 Å². The van der Waals surface area contributed by atoms with Crippen LogP contribution in [-0.4, -0.2) is 17.9 Å². The maximum atomic E-state index is 11.7. The second-order valence-corrected chi connectivity index (χ2v) is 4.22. The van der Waals surface area contributed by atoms with Crippen molar-refractivity contribution >= 4 is 11.8 Å². The minimum Gasteiger partial charge on any atom is -0.459 e. The standard InChI is InChI=1S/C14H15N3O3/c15-11(9-10-5-2-1-3-6-10)13(18)16-17-14(19)12-7-4-8-20-12/h1-8,11H,9,15H2,(H,16,18)(H,17,19). The van der Waals surface area contributed by atoms with Crippen LogP contribution in [0.1, 0.15) is 16.1 Å². The molecule has 0 fully saturated rings. The summed E-state index contributed by atoms with van der Waals surface area (Å²) >= 11 is 0. The first-order valence-electron chi connectivity index (χ1n) is 6.10. The molecule has 0 saturated carbocycles. The highest BCUT2D eigenvalue weighted by Gasteiger charge is 2.15. The van der Waals surface area contributed by atoms with Gasteiger partial charge in [0, 0.05) is 0 Å². The highest BCUT2D eigenvalue weighted by molar-refractivity contribution is 5.93. The third-order valence-corrected chi connectivity index (χ3v) is 2.68. The Morgan fingerprint density at radius 3 is 2.50 bits per heavy atom. The van der Waals surface area contributed by atoms with Gasteiger partial charge in [-0.1, -0.05) is 30.3 Å². The van der Waals surface area contributed by atoms with Crippen molar-refractivity contribution in [3.05, 3.63) is 60.1 Å². The van der Waals surface area contributed by atoms with Gasteiger partial charge >= 0.3 is 5.91 Å². The van der Waals surface area contributed by atoms with Gasteiger partial charge in [0.15, 0.2) is 5.76 Å². The largest absolute Gasteiger partial charge is 0.459 e. The molecule has 1 unspecified atom stereocenters. The fraction of sp³-hybridized carbons (Fsp3) is 0.143. The summed E-state index contributed by atoms with van der Waals surface area (Å²) in [5.74, 6) is -0.883. The van der Waals surface area contributed by atoms with Crippen LogP contribution in [-0.2, 0) is 11.2 Å². The van der Waals surface area contributed by atoms with Crippen molar-refractivity contribution in [3.63, 3.8) is 0 Å². The third-order valence-electron chi connectivity index (χ3n) is 2.68. The number of nitrogens with two attached hydrogens (primary N) is 1. The normalized spacial score (nSPS) is 11.7. The van der Waals surface area contributed by atoms with Crippen LogP contribution in [0, 0.1) is 0 Å². The van der Waals surface area contributed by atoms with Crippen LogP contribution in [0.2, 0.25) is 0 Å². The summed E-state index contributed by atoms with van der Waals surface area (Å²) in [4.78, 5) is 23.3. The van der Waals surface area contributed by atoms with E-state index in [4.69, 9.17) is 10.2 Å². The van der Waals surface area contributed by atoms with Crippen molar-refractivity contribution in [1.82, 2.24) is 10.9 Å². The van der Waals surface area contributed by atoms with E-state index in [9.17, 15) is 9.59 Å². The van der Waals surface area contributed by atoms with E-state index in [2.05, 4.69) is 10.9 Å². The highest BCUT2D eigenvalue weighted by atomic mass is 16.3. The fourth-order valence-electron chi connectivity index (χ4n) is 1.64. The predicted molar refractivity (Wildman–Crippen MR) is 72.4 cm³/mol. The van der Waals surface area contributed by atoms with Crippen LogP contribution in [0.5, 0.6) is 0 Å². The zero-order valence-electron chi connectivity index (χ0n) is 10.7. The number of carbonyl (C=O) groups excluding carboxylic acids is 2. The average Bonchev–Trinajstić information content (AvgIpc) is 2.99. The van der Waals surface area contributed by atoms with E-state index < -0.39 is 17.9 Å². The minimum absolute atomic E-state index is 0.113. The van der Waals surface area contributed by atoms with Gasteiger partial charge in [0.1, 0.15) is 0 Å².